The van der Waals surface area contributed by atoms with Crippen molar-refractivity contribution in [3.05, 3.63) is 35.9 Å². The maximum atomic E-state index is 11.7. The molecule has 1 aliphatic rings. The van der Waals surface area contributed by atoms with Crippen LogP contribution in [0.2, 0.25) is 0 Å². The third-order valence-electron chi connectivity index (χ3n) is 3.22. The average molecular weight is 262 g/mol. The quantitative estimate of drug-likeness (QED) is 0.755. The summed E-state index contributed by atoms with van der Waals surface area (Å²) < 4.78 is 5.50. The summed E-state index contributed by atoms with van der Waals surface area (Å²) in [5.74, 6) is 0.0850. The van der Waals surface area contributed by atoms with Gasteiger partial charge in [0.05, 0.1) is 19.1 Å². The van der Waals surface area contributed by atoms with Crippen LogP contribution < -0.4 is 10.6 Å². The lowest BCUT2D eigenvalue weighted by Gasteiger charge is -2.23. The Labute approximate surface area is 114 Å². The number of morpholine rings is 1. The first-order valence-electron chi connectivity index (χ1n) is 6.97. The Kier molecular flexibility index (Phi) is 5.85. The van der Waals surface area contributed by atoms with Crippen molar-refractivity contribution in [2.24, 2.45) is 0 Å². The Morgan fingerprint density at radius 1 is 1.37 bits per heavy atom. The lowest BCUT2D eigenvalue weighted by molar-refractivity contribution is -0.124. The fraction of sp³-hybridized carbons (Fsp3) is 0.533. The Balaban J connectivity index is 1.56. The SMILES string of the molecule is O=C(CC1CNCCO1)NCCCc1ccccc1. The lowest BCUT2D eigenvalue weighted by atomic mass is 10.1. The summed E-state index contributed by atoms with van der Waals surface area (Å²) in [4.78, 5) is 11.7. The van der Waals surface area contributed by atoms with Gasteiger partial charge in [-0.05, 0) is 18.4 Å². The van der Waals surface area contributed by atoms with E-state index in [0.29, 0.717) is 13.0 Å². The average Bonchev–Trinajstić information content (AvgIpc) is 2.46. The van der Waals surface area contributed by atoms with Crippen LogP contribution in [0.4, 0.5) is 0 Å². The molecular weight excluding hydrogens is 240 g/mol. The summed E-state index contributed by atoms with van der Waals surface area (Å²) in [6.45, 7) is 3.09. The number of benzene rings is 1. The summed E-state index contributed by atoms with van der Waals surface area (Å²) in [7, 11) is 0. The van der Waals surface area contributed by atoms with Gasteiger partial charge in [-0.1, -0.05) is 30.3 Å². The van der Waals surface area contributed by atoms with E-state index < -0.39 is 0 Å². The number of nitrogens with one attached hydrogen (secondary N) is 2. The van der Waals surface area contributed by atoms with Crippen LogP contribution >= 0.6 is 0 Å². The van der Waals surface area contributed by atoms with Crippen LogP contribution in [0, 0.1) is 0 Å². The molecule has 1 fully saturated rings. The molecule has 0 aliphatic carbocycles. The van der Waals surface area contributed by atoms with Gasteiger partial charge in [-0.15, -0.1) is 0 Å². The van der Waals surface area contributed by atoms with E-state index in [-0.39, 0.29) is 12.0 Å². The maximum Gasteiger partial charge on any atom is 0.222 e. The van der Waals surface area contributed by atoms with Crippen molar-refractivity contribution in [1.82, 2.24) is 10.6 Å². The molecule has 4 nitrogen and oxygen atoms in total. The number of ether oxygens (including phenoxy) is 1. The Hall–Kier alpha value is -1.39. The van der Waals surface area contributed by atoms with Gasteiger partial charge in [-0.2, -0.15) is 0 Å². The van der Waals surface area contributed by atoms with Crippen LogP contribution in [0.3, 0.4) is 0 Å². The van der Waals surface area contributed by atoms with E-state index in [2.05, 4.69) is 22.8 Å². The molecule has 4 heteroatoms. The molecule has 1 heterocycles. The third kappa shape index (κ3) is 5.41. The normalized spacial score (nSPS) is 19.1. The summed E-state index contributed by atoms with van der Waals surface area (Å²) in [6.07, 6.45) is 2.46. The second-order valence-electron chi connectivity index (χ2n) is 4.84. The molecule has 1 amide bonds. The van der Waals surface area contributed by atoms with E-state index in [1.54, 1.807) is 0 Å². The number of carbonyl (C=O) groups excluding carboxylic acids is 1. The van der Waals surface area contributed by atoms with E-state index in [4.69, 9.17) is 4.74 Å². The molecule has 19 heavy (non-hydrogen) atoms. The molecule has 0 radical (unpaired) electrons. The highest BCUT2D eigenvalue weighted by Crippen LogP contribution is 2.03. The van der Waals surface area contributed by atoms with Gasteiger partial charge in [0.25, 0.3) is 0 Å². The van der Waals surface area contributed by atoms with Gasteiger partial charge in [0.1, 0.15) is 0 Å². The van der Waals surface area contributed by atoms with Crippen LogP contribution in [0.15, 0.2) is 30.3 Å². The minimum absolute atomic E-state index is 0.0304. The van der Waals surface area contributed by atoms with Crippen molar-refractivity contribution in [3.8, 4) is 0 Å². The molecule has 2 N–H and O–H groups in total. The molecule has 1 saturated heterocycles. The topological polar surface area (TPSA) is 50.4 Å². The molecule has 0 aromatic heterocycles. The van der Waals surface area contributed by atoms with Gasteiger partial charge in [-0.25, -0.2) is 0 Å². The zero-order valence-corrected chi connectivity index (χ0v) is 11.2. The number of amides is 1. The van der Waals surface area contributed by atoms with Crippen molar-refractivity contribution >= 4 is 5.91 Å². The van der Waals surface area contributed by atoms with Crippen molar-refractivity contribution in [2.75, 3.05) is 26.2 Å². The smallest absolute Gasteiger partial charge is 0.222 e. The van der Waals surface area contributed by atoms with Gasteiger partial charge in [0, 0.05) is 19.6 Å². The van der Waals surface area contributed by atoms with E-state index in [0.717, 1.165) is 32.5 Å². The van der Waals surface area contributed by atoms with E-state index in [1.165, 1.54) is 5.56 Å². The Morgan fingerprint density at radius 2 is 2.21 bits per heavy atom. The molecule has 1 aromatic carbocycles. The van der Waals surface area contributed by atoms with Crippen molar-refractivity contribution in [1.29, 1.82) is 0 Å². The summed E-state index contributed by atoms with van der Waals surface area (Å²) >= 11 is 0. The molecule has 2 rings (SSSR count). The summed E-state index contributed by atoms with van der Waals surface area (Å²) in [5, 5.41) is 6.18. The van der Waals surface area contributed by atoms with Crippen LogP contribution in [0.1, 0.15) is 18.4 Å². The fourth-order valence-electron chi connectivity index (χ4n) is 2.19. The van der Waals surface area contributed by atoms with Crippen LogP contribution in [0.25, 0.3) is 0 Å². The summed E-state index contributed by atoms with van der Waals surface area (Å²) in [5.41, 5.74) is 1.32. The number of aryl methyl sites for hydroxylation is 1. The van der Waals surface area contributed by atoms with Gasteiger partial charge >= 0.3 is 0 Å². The first kappa shape index (κ1) is 14.0. The number of hydrogen-bond donors (Lipinski definition) is 2. The monoisotopic (exact) mass is 262 g/mol. The highest BCUT2D eigenvalue weighted by atomic mass is 16.5. The van der Waals surface area contributed by atoms with Gasteiger partial charge < -0.3 is 15.4 Å². The molecule has 104 valence electrons. The Morgan fingerprint density at radius 3 is 2.95 bits per heavy atom. The van der Waals surface area contributed by atoms with Crippen molar-refractivity contribution < 1.29 is 9.53 Å². The lowest BCUT2D eigenvalue weighted by Crippen LogP contribution is -2.41. The fourth-order valence-corrected chi connectivity index (χ4v) is 2.19. The maximum absolute atomic E-state index is 11.7. The predicted molar refractivity (Wildman–Crippen MR) is 75.0 cm³/mol. The van der Waals surface area contributed by atoms with Gasteiger partial charge in [0.15, 0.2) is 0 Å². The van der Waals surface area contributed by atoms with Crippen LogP contribution in [-0.4, -0.2) is 38.3 Å². The third-order valence-corrected chi connectivity index (χ3v) is 3.22. The first-order valence-corrected chi connectivity index (χ1v) is 6.97. The second-order valence-corrected chi connectivity index (χ2v) is 4.84. The number of hydrogen-bond acceptors (Lipinski definition) is 3. The van der Waals surface area contributed by atoms with E-state index in [9.17, 15) is 4.79 Å². The first-order chi connectivity index (χ1) is 9.34. The van der Waals surface area contributed by atoms with Crippen LogP contribution in [-0.2, 0) is 16.0 Å². The molecule has 0 bridgehead atoms. The zero-order valence-electron chi connectivity index (χ0n) is 11.2. The number of rotatable bonds is 6. The molecule has 1 aliphatic heterocycles. The van der Waals surface area contributed by atoms with Gasteiger partial charge in [0.2, 0.25) is 5.91 Å². The second kappa shape index (κ2) is 7.92. The largest absolute Gasteiger partial charge is 0.375 e. The van der Waals surface area contributed by atoms with Crippen molar-refractivity contribution in [3.63, 3.8) is 0 Å². The van der Waals surface area contributed by atoms with E-state index >= 15 is 0 Å². The molecule has 1 aromatic rings. The highest BCUT2D eigenvalue weighted by molar-refractivity contribution is 5.76. The van der Waals surface area contributed by atoms with Gasteiger partial charge in [-0.3, -0.25) is 4.79 Å². The number of carbonyl (C=O) groups is 1. The molecule has 0 saturated carbocycles. The molecular formula is C15H22N2O2. The predicted octanol–water partition coefficient (Wildman–Crippen LogP) is 1.11. The minimum atomic E-state index is 0.0304. The minimum Gasteiger partial charge on any atom is -0.375 e. The van der Waals surface area contributed by atoms with Crippen molar-refractivity contribution in [2.45, 2.75) is 25.4 Å². The Bertz CT molecular complexity index is 375. The molecule has 1 unspecified atom stereocenters. The van der Waals surface area contributed by atoms with Crippen LogP contribution in [0.5, 0.6) is 0 Å². The molecule has 0 spiro atoms. The highest BCUT2D eigenvalue weighted by Gasteiger charge is 2.16. The zero-order chi connectivity index (χ0) is 13.3. The van der Waals surface area contributed by atoms with E-state index in [1.807, 2.05) is 18.2 Å². The molecule has 1 atom stereocenters. The standard InChI is InChI=1S/C15H22N2O2/c18-15(11-14-12-16-9-10-19-14)17-8-4-7-13-5-2-1-3-6-13/h1-3,5-6,14,16H,4,7-12H2,(H,17,18). The summed E-state index contributed by atoms with van der Waals surface area (Å²) in [6, 6.07) is 10.3.